The number of aryl methyl sites for hydroxylation is 1. The number of benzene rings is 2. The normalized spacial score (nSPS) is 16.8. The number of hydrogen-bond acceptors (Lipinski definition) is 4. The van der Waals surface area contributed by atoms with Crippen LogP contribution in [-0.4, -0.2) is 31.5 Å². The third-order valence-electron chi connectivity index (χ3n) is 5.41. The highest BCUT2D eigenvalue weighted by Crippen LogP contribution is 2.32. The molecule has 2 aromatic carbocycles. The maximum Gasteiger partial charge on any atom is 0.283 e. The molecule has 3 heterocycles. The molecule has 6 nitrogen and oxygen atoms in total. The van der Waals surface area contributed by atoms with Gasteiger partial charge in [-0.05, 0) is 79.7 Å². The van der Waals surface area contributed by atoms with E-state index in [2.05, 4.69) is 10.1 Å². The number of thioether (sulfide) groups is 1. The molecule has 0 atom stereocenters. The Hall–Kier alpha value is -3.85. The minimum atomic E-state index is -0.560. The second kappa shape index (κ2) is 7.93. The molecule has 0 saturated heterocycles. The fourth-order valence-electron chi connectivity index (χ4n) is 3.81. The number of rotatable bonds is 3. The van der Waals surface area contributed by atoms with Crippen molar-refractivity contribution in [1.82, 2.24) is 9.58 Å². The van der Waals surface area contributed by atoms with Gasteiger partial charge in [0, 0.05) is 22.6 Å². The van der Waals surface area contributed by atoms with E-state index in [-0.39, 0.29) is 28.0 Å². The summed E-state index contributed by atoms with van der Waals surface area (Å²) in [7, 11) is 0. The Morgan fingerprint density at radius 2 is 1.79 bits per heavy atom. The van der Waals surface area contributed by atoms with Gasteiger partial charge in [0.25, 0.3) is 5.91 Å². The van der Waals surface area contributed by atoms with Crippen LogP contribution in [0.5, 0.6) is 0 Å². The van der Waals surface area contributed by atoms with Crippen molar-refractivity contribution >= 4 is 39.8 Å². The molecule has 3 aromatic rings. The summed E-state index contributed by atoms with van der Waals surface area (Å²) in [5, 5.41) is 14.7. The Balaban J connectivity index is 1.52. The lowest BCUT2D eigenvalue weighted by Gasteiger charge is -2.20. The second-order valence-electron chi connectivity index (χ2n) is 7.54. The Morgan fingerprint density at radius 3 is 2.52 bits per heavy atom. The van der Waals surface area contributed by atoms with Crippen LogP contribution in [0.4, 0.5) is 8.78 Å². The van der Waals surface area contributed by atoms with Crippen molar-refractivity contribution in [3.05, 3.63) is 94.3 Å². The average Bonchev–Trinajstić information content (AvgIpc) is 3.33. The Labute approximate surface area is 192 Å². The first-order valence-electron chi connectivity index (χ1n) is 10.0. The number of carbonyl (C=O) groups excluding carboxylic acids is 1. The zero-order valence-electron chi connectivity index (χ0n) is 17.6. The SMILES string of the molecule is Cc1cc(/C=C2\C(=N)N3N=C(c4ccccc4F)SC3=NC2=O)c(C)n1-c1ccc(F)cc1. The molecule has 0 fully saturated rings. The number of hydrazone groups is 1. The first kappa shape index (κ1) is 21.0. The highest BCUT2D eigenvalue weighted by Gasteiger charge is 2.36. The minimum Gasteiger partial charge on any atom is -0.318 e. The maximum absolute atomic E-state index is 14.2. The van der Waals surface area contributed by atoms with Crippen molar-refractivity contribution in [1.29, 1.82) is 5.41 Å². The average molecular weight is 461 g/mol. The second-order valence-corrected chi connectivity index (χ2v) is 8.50. The fraction of sp³-hybridized carbons (Fsp3) is 0.0833. The molecule has 164 valence electrons. The van der Waals surface area contributed by atoms with E-state index >= 15 is 0 Å². The topological polar surface area (TPSA) is 73.8 Å². The first-order valence-corrected chi connectivity index (χ1v) is 10.8. The van der Waals surface area contributed by atoms with Gasteiger partial charge in [0.15, 0.2) is 5.84 Å². The number of nitrogens with one attached hydrogen (secondary N) is 1. The van der Waals surface area contributed by atoms with Crippen molar-refractivity contribution in [2.45, 2.75) is 13.8 Å². The summed E-state index contributed by atoms with van der Waals surface area (Å²) < 4.78 is 29.5. The molecule has 1 aromatic heterocycles. The number of fused-ring (bicyclic) bond motifs is 1. The first-order chi connectivity index (χ1) is 15.8. The minimum absolute atomic E-state index is 0.0808. The zero-order valence-corrected chi connectivity index (χ0v) is 18.5. The molecule has 0 aliphatic carbocycles. The van der Waals surface area contributed by atoms with Crippen LogP contribution < -0.4 is 0 Å². The highest BCUT2D eigenvalue weighted by molar-refractivity contribution is 8.27. The monoisotopic (exact) mass is 461 g/mol. The number of nitrogens with zero attached hydrogens (tertiary/aromatic N) is 4. The van der Waals surface area contributed by atoms with Gasteiger partial charge in [0.2, 0.25) is 5.17 Å². The quantitative estimate of drug-likeness (QED) is 0.556. The van der Waals surface area contributed by atoms with Gasteiger partial charge in [-0.3, -0.25) is 10.2 Å². The molecule has 0 unspecified atom stereocenters. The molecule has 0 saturated carbocycles. The molecular formula is C24H17F2N5OS. The maximum atomic E-state index is 14.2. The summed E-state index contributed by atoms with van der Waals surface area (Å²) in [5.41, 5.74) is 3.60. The van der Waals surface area contributed by atoms with Gasteiger partial charge in [-0.1, -0.05) is 12.1 Å². The van der Waals surface area contributed by atoms with E-state index < -0.39 is 11.7 Å². The highest BCUT2D eigenvalue weighted by atomic mass is 32.2. The summed E-state index contributed by atoms with van der Waals surface area (Å²) in [6.45, 7) is 3.79. The van der Waals surface area contributed by atoms with Crippen LogP contribution >= 0.6 is 11.8 Å². The van der Waals surface area contributed by atoms with Crippen LogP contribution in [-0.2, 0) is 4.79 Å². The molecule has 1 amide bonds. The van der Waals surface area contributed by atoms with E-state index in [0.29, 0.717) is 5.04 Å². The molecule has 5 rings (SSSR count). The molecule has 2 aliphatic rings. The molecule has 0 spiro atoms. The lowest BCUT2D eigenvalue weighted by molar-refractivity contribution is -0.114. The third kappa shape index (κ3) is 3.60. The van der Waals surface area contributed by atoms with E-state index in [1.165, 1.54) is 23.2 Å². The van der Waals surface area contributed by atoms with Crippen molar-refractivity contribution in [3.8, 4) is 5.69 Å². The summed E-state index contributed by atoms with van der Waals surface area (Å²) >= 11 is 1.05. The Morgan fingerprint density at radius 1 is 1.06 bits per heavy atom. The molecule has 0 radical (unpaired) electrons. The van der Waals surface area contributed by atoms with Crippen LogP contribution in [0.15, 0.2) is 70.3 Å². The lowest BCUT2D eigenvalue weighted by atomic mass is 10.1. The third-order valence-corrected chi connectivity index (χ3v) is 6.36. The van der Waals surface area contributed by atoms with E-state index in [4.69, 9.17) is 5.41 Å². The van der Waals surface area contributed by atoms with Crippen molar-refractivity contribution in [3.63, 3.8) is 0 Å². The largest absolute Gasteiger partial charge is 0.318 e. The Bertz CT molecular complexity index is 1420. The van der Waals surface area contributed by atoms with Crippen LogP contribution in [0.3, 0.4) is 0 Å². The molecule has 9 heteroatoms. The van der Waals surface area contributed by atoms with Gasteiger partial charge in [0.05, 0.1) is 5.57 Å². The Kier molecular flexibility index (Phi) is 5.05. The molecule has 2 aliphatic heterocycles. The van der Waals surface area contributed by atoms with Gasteiger partial charge in [-0.25, -0.2) is 8.78 Å². The van der Waals surface area contributed by atoms with E-state index in [1.54, 1.807) is 36.4 Å². The van der Waals surface area contributed by atoms with Gasteiger partial charge < -0.3 is 4.57 Å². The van der Waals surface area contributed by atoms with Crippen molar-refractivity contribution in [2.24, 2.45) is 10.1 Å². The summed E-state index contributed by atoms with van der Waals surface area (Å²) in [6, 6.07) is 14.2. The van der Waals surface area contributed by atoms with Crippen LogP contribution in [0.2, 0.25) is 0 Å². The number of aliphatic imine (C=N–C) groups is 1. The predicted molar refractivity (Wildman–Crippen MR) is 126 cm³/mol. The van der Waals surface area contributed by atoms with Crippen LogP contribution in [0.25, 0.3) is 11.8 Å². The zero-order chi connectivity index (χ0) is 23.3. The van der Waals surface area contributed by atoms with Crippen LogP contribution in [0, 0.1) is 30.9 Å². The molecule has 33 heavy (non-hydrogen) atoms. The van der Waals surface area contributed by atoms with Gasteiger partial charge in [-0.15, -0.1) is 0 Å². The number of aromatic nitrogens is 1. The number of halogens is 2. The smallest absolute Gasteiger partial charge is 0.283 e. The molecule has 0 bridgehead atoms. The van der Waals surface area contributed by atoms with Crippen LogP contribution in [0.1, 0.15) is 22.5 Å². The number of hydrogen-bond donors (Lipinski definition) is 1. The lowest BCUT2D eigenvalue weighted by Crippen LogP contribution is -2.35. The van der Waals surface area contributed by atoms with Crippen molar-refractivity contribution in [2.75, 3.05) is 0 Å². The van der Waals surface area contributed by atoms with Gasteiger partial charge in [-0.2, -0.15) is 15.1 Å². The number of amidine groups is 2. The van der Waals surface area contributed by atoms with Crippen molar-refractivity contribution < 1.29 is 13.6 Å². The standard InChI is InChI=1S/C24H17F2N5OS/c1-13-11-15(14(2)30(13)17-9-7-16(25)8-10-17)12-19-21(27)31-24(28-22(19)32)33-23(29-31)18-5-3-4-6-20(18)26/h3-12,27H,1-2H3/b19-12+,27-21?. The fourth-order valence-corrected chi connectivity index (χ4v) is 4.73. The van der Waals surface area contributed by atoms with Gasteiger partial charge >= 0.3 is 0 Å². The van der Waals surface area contributed by atoms with E-state index in [0.717, 1.165) is 34.4 Å². The van der Waals surface area contributed by atoms with Gasteiger partial charge in [0.1, 0.15) is 16.7 Å². The summed E-state index contributed by atoms with van der Waals surface area (Å²) in [6.07, 6.45) is 1.61. The van der Waals surface area contributed by atoms with E-state index in [1.807, 2.05) is 24.5 Å². The summed E-state index contributed by atoms with van der Waals surface area (Å²) in [5.74, 6) is -1.45. The predicted octanol–water partition coefficient (Wildman–Crippen LogP) is 5.04. The molecule has 1 N–H and O–H groups in total. The molecular weight excluding hydrogens is 444 g/mol. The van der Waals surface area contributed by atoms with E-state index in [9.17, 15) is 13.6 Å². The summed E-state index contributed by atoms with van der Waals surface area (Å²) in [4.78, 5) is 16.8. The number of amides is 1. The number of carbonyl (C=O) groups is 1.